The summed E-state index contributed by atoms with van der Waals surface area (Å²) in [6, 6.07) is 7.82. The molecule has 1 fully saturated rings. The van der Waals surface area contributed by atoms with E-state index in [2.05, 4.69) is 16.4 Å². The van der Waals surface area contributed by atoms with Crippen LogP contribution in [0.3, 0.4) is 0 Å². The number of nitrogens with one attached hydrogen (secondary N) is 1. The van der Waals surface area contributed by atoms with Crippen LogP contribution >= 0.6 is 0 Å². The maximum Gasteiger partial charge on any atom is 0.141 e. The molecule has 2 heterocycles. The van der Waals surface area contributed by atoms with Crippen molar-refractivity contribution in [1.82, 2.24) is 10.3 Å². The minimum absolute atomic E-state index is 0.281. The number of aromatic nitrogens is 1. The lowest BCUT2D eigenvalue weighted by atomic mass is 10.1. The van der Waals surface area contributed by atoms with E-state index in [1.165, 1.54) is 17.1 Å². The van der Waals surface area contributed by atoms with E-state index in [0.29, 0.717) is 10.9 Å². The molecule has 94 valence electrons. The molecular formula is C14H17N2OS+. The number of pyridine rings is 1. The monoisotopic (exact) mass is 261 g/mol. The summed E-state index contributed by atoms with van der Waals surface area (Å²) >= 11 is 0. The van der Waals surface area contributed by atoms with Gasteiger partial charge in [-0.25, -0.2) is 0 Å². The van der Waals surface area contributed by atoms with Gasteiger partial charge in [-0.1, -0.05) is 6.07 Å². The highest BCUT2D eigenvalue weighted by molar-refractivity contribution is 7.96. The largest absolute Gasteiger partial charge is 0.506 e. The van der Waals surface area contributed by atoms with Crippen LogP contribution in [0, 0.1) is 0 Å². The van der Waals surface area contributed by atoms with Crippen LogP contribution < -0.4 is 5.32 Å². The Hall–Kier alpha value is -1.26. The molecule has 4 heteroatoms. The van der Waals surface area contributed by atoms with Gasteiger partial charge in [0.1, 0.15) is 28.5 Å². The van der Waals surface area contributed by atoms with Crippen LogP contribution in [0.4, 0.5) is 0 Å². The number of fused-ring (bicyclic) bond motifs is 1. The Bertz CT molecular complexity index is 552. The van der Waals surface area contributed by atoms with Crippen LogP contribution in [0.15, 0.2) is 30.5 Å². The fourth-order valence-corrected chi connectivity index (χ4v) is 4.42. The van der Waals surface area contributed by atoms with Gasteiger partial charge in [-0.2, -0.15) is 0 Å². The minimum atomic E-state index is 0.281. The molecule has 18 heavy (non-hydrogen) atoms. The maximum atomic E-state index is 9.83. The topological polar surface area (TPSA) is 45.1 Å². The fraction of sp³-hybridized carbons (Fsp3) is 0.357. The van der Waals surface area contributed by atoms with Crippen LogP contribution in [0.1, 0.15) is 5.56 Å². The summed E-state index contributed by atoms with van der Waals surface area (Å²) in [6.45, 7) is 2.27. The highest BCUT2D eigenvalue weighted by Gasteiger charge is 2.23. The molecular weight excluding hydrogens is 244 g/mol. The first-order chi connectivity index (χ1) is 8.84. The van der Waals surface area contributed by atoms with Gasteiger partial charge in [0, 0.05) is 30.2 Å². The predicted molar refractivity (Wildman–Crippen MR) is 77.1 cm³/mol. The van der Waals surface area contributed by atoms with Gasteiger partial charge < -0.3 is 10.4 Å². The van der Waals surface area contributed by atoms with E-state index in [0.717, 1.165) is 29.7 Å². The molecule has 3 rings (SSSR count). The van der Waals surface area contributed by atoms with Crippen LogP contribution in [-0.4, -0.2) is 34.7 Å². The molecule has 0 spiro atoms. The highest BCUT2D eigenvalue weighted by Crippen LogP contribution is 2.27. The first kappa shape index (κ1) is 11.8. The van der Waals surface area contributed by atoms with E-state index in [1.54, 1.807) is 12.3 Å². The number of benzene rings is 1. The van der Waals surface area contributed by atoms with Gasteiger partial charge >= 0.3 is 0 Å². The van der Waals surface area contributed by atoms with Crippen molar-refractivity contribution >= 4 is 21.8 Å². The third-order valence-electron chi connectivity index (χ3n) is 3.33. The number of hydrogen-bond donors (Lipinski definition) is 2. The van der Waals surface area contributed by atoms with Crippen molar-refractivity contribution in [2.24, 2.45) is 0 Å². The number of phenolic OH excluding ortho intramolecular Hbond substituents is 1. The summed E-state index contributed by atoms with van der Waals surface area (Å²) in [5.74, 6) is 3.93. The van der Waals surface area contributed by atoms with Gasteiger partial charge in [0.2, 0.25) is 0 Å². The average Bonchev–Trinajstić information content (AvgIpc) is 2.44. The molecule has 1 aliphatic heterocycles. The van der Waals surface area contributed by atoms with Crippen molar-refractivity contribution < 1.29 is 5.11 Å². The zero-order valence-corrected chi connectivity index (χ0v) is 11.0. The molecule has 0 bridgehead atoms. The quantitative estimate of drug-likeness (QED) is 0.808. The third-order valence-corrected chi connectivity index (χ3v) is 5.62. The third kappa shape index (κ3) is 2.31. The maximum absolute atomic E-state index is 9.83. The second-order valence-electron chi connectivity index (χ2n) is 4.56. The van der Waals surface area contributed by atoms with Crippen molar-refractivity contribution in [1.29, 1.82) is 0 Å². The fourth-order valence-electron chi connectivity index (χ4n) is 2.37. The molecule has 0 amide bonds. The Morgan fingerprint density at radius 3 is 2.89 bits per heavy atom. The van der Waals surface area contributed by atoms with Gasteiger partial charge in [-0.15, -0.1) is 0 Å². The molecule has 1 aromatic carbocycles. The molecule has 3 nitrogen and oxygen atoms in total. The van der Waals surface area contributed by atoms with Crippen molar-refractivity contribution in [3.05, 3.63) is 36.0 Å². The van der Waals surface area contributed by atoms with Gasteiger partial charge in [-0.3, -0.25) is 4.98 Å². The number of nitrogens with zero attached hydrogens (tertiary/aromatic N) is 1. The summed E-state index contributed by atoms with van der Waals surface area (Å²) in [5, 5.41) is 14.3. The Balaban J connectivity index is 1.94. The van der Waals surface area contributed by atoms with Crippen LogP contribution in [0.2, 0.25) is 0 Å². The molecule has 2 N–H and O–H groups in total. The van der Waals surface area contributed by atoms with Gasteiger partial charge in [-0.05, 0) is 29.1 Å². The molecule has 0 aliphatic carbocycles. The summed E-state index contributed by atoms with van der Waals surface area (Å²) in [7, 11) is 0.470. The van der Waals surface area contributed by atoms with Gasteiger partial charge in [0.05, 0.1) is 0 Å². The Morgan fingerprint density at radius 1 is 1.22 bits per heavy atom. The molecule has 0 atom stereocenters. The van der Waals surface area contributed by atoms with Crippen LogP contribution in [-0.2, 0) is 16.6 Å². The minimum Gasteiger partial charge on any atom is -0.506 e. The number of hydrogen-bond acceptors (Lipinski definition) is 3. The number of aromatic hydroxyl groups is 1. The Morgan fingerprint density at radius 2 is 2.06 bits per heavy atom. The predicted octanol–water partition coefficient (Wildman–Crippen LogP) is 1.66. The van der Waals surface area contributed by atoms with Crippen LogP contribution in [0.5, 0.6) is 5.75 Å². The molecule has 1 aromatic heterocycles. The molecule has 2 aromatic rings. The summed E-state index contributed by atoms with van der Waals surface area (Å²) in [4.78, 5) is 4.28. The second-order valence-corrected chi connectivity index (χ2v) is 6.89. The number of rotatable bonds is 2. The molecule has 1 saturated heterocycles. The zero-order chi connectivity index (χ0) is 12.4. The van der Waals surface area contributed by atoms with E-state index in [9.17, 15) is 5.11 Å². The first-order valence-electron chi connectivity index (χ1n) is 6.25. The summed E-state index contributed by atoms with van der Waals surface area (Å²) < 4.78 is 0. The lowest BCUT2D eigenvalue weighted by Gasteiger charge is -2.15. The first-order valence-corrected chi connectivity index (χ1v) is 7.98. The smallest absolute Gasteiger partial charge is 0.141 e. The van der Waals surface area contributed by atoms with Gasteiger partial charge in [0.25, 0.3) is 0 Å². The van der Waals surface area contributed by atoms with Crippen molar-refractivity contribution in [2.75, 3.05) is 24.6 Å². The molecule has 0 radical (unpaired) electrons. The van der Waals surface area contributed by atoms with E-state index in [-0.39, 0.29) is 5.75 Å². The second kappa shape index (κ2) is 5.16. The number of phenols is 1. The average molecular weight is 261 g/mol. The van der Waals surface area contributed by atoms with E-state index >= 15 is 0 Å². The lowest BCUT2D eigenvalue weighted by Crippen LogP contribution is -2.36. The van der Waals surface area contributed by atoms with Gasteiger partial charge in [0.15, 0.2) is 0 Å². The molecule has 0 unspecified atom stereocenters. The standard InChI is InChI=1S/C14H16N2OS/c17-13-4-3-11(10-18-8-6-15-7-9-18)12-2-1-5-16-14(12)13/h1-5,15H,6-10H2/p+1. The Kier molecular flexibility index (Phi) is 3.39. The zero-order valence-electron chi connectivity index (χ0n) is 10.2. The highest BCUT2D eigenvalue weighted by atomic mass is 32.2. The normalized spacial score (nSPS) is 17.1. The molecule has 0 saturated carbocycles. The van der Waals surface area contributed by atoms with E-state index in [4.69, 9.17) is 0 Å². The molecule has 1 aliphatic rings. The van der Waals surface area contributed by atoms with Crippen molar-refractivity contribution in [3.63, 3.8) is 0 Å². The van der Waals surface area contributed by atoms with E-state index < -0.39 is 0 Å². The van der Waals surface area contributed by atoms with E-state index in [1.807, 2.05) is 12.1 Å². The lowest BCUT2D eigenvalue weighted by molar-refractivity contribution is 0.480. The van der Waals surface area contributed by atoms with Crippen molar-refractivity contribution in [2.45, 2.75) is 5.75 Å². The summed E-state index contributed by atoms with van der Waals surface area (Å²) in [6.07, 6.45) is 1.73. The van der Waals surface area contributed by atoms with Crippen LogP contribution in [0.25, 0.3) is 10.9 Å². The van der Waals surface area contributed by atoms with Crippen molar-refractivity contribution in [3.8, 4) is 5.75 Å². The SMILES string of the molecule is Oc1ccc(C[S+]2CCNCC2)c2cccnc12. The summed E-state index contributed by atoms with van der Waals surface area (Å²) in [5.41, 5.74) is 2.05. The Labute approximate surface area is 110 Å².